The standard InChI is InChI=1S/C14H21Cl/c1-4-5-14(10-15)13-8-6-12(7-9-13)11(2)3/h6-9,11,14H,4-5,10H2,1-3H3. The van der Waals surface area contributed by atoms with Gasteiger partial charge in [-0.15, -0.1) is 11.6 Å². The van der Waals surface area contributed by atoms with E-state index in [0.29, 0.717) is 11.8 Å². The van der Waals surface area contributed by atoms with E-state index in [9.17, 15) is 0 Å². The molecule has 84 valence electrons. The molecule has 0 amide bonds. The van der Waals surface area contributed by atoms with Crippen LogP contribution < -0.4 is 0 Å². The van der Waals surface area contributed by atoms with Crippen molar-refractivity contribution in [3.63, 3.8) is 0 Å². The fourth-order valence-electron chi connectivity index (χ4n) is 1.83. The zero-order valence-corrected chi connectivity index (χ0v) is 10.7. The maximum Gasteiger partial charge on any atom is 0.0292 e. The van der Waals surface area contributed by atoms with Crippen molar-refractivity contribution < 1.29 is 0 Å². The molecule has 0 saturated heterocycles. The summed E-state index contributed by atoms with van der Waals surface area (Å²) >= 11 is 5.98. The third kappa shape index (κ3) is 3.53. The number of hydrogen-bond acceptors (Lipinski definition) is 0. The molecule has 0 aliphatic heterocycles. The molecule has 0 aromatic heterocycles. The van der Waals surface area contributed by atoms with Crippen molar-refractivity contribution >= 4 is 11.6 Å². The second kappa shape index (κ2) is 6.17. The van der Waals surface area contributed by atoms with Crippen molar-refractivity contribution in [1.29, 1.82) is 0 Å². The maximum absolute atomic E-state index is 5.98. The predicted molar refractivity (Wildman–Crippen MR) is 68.9 cm³/mol. The van der Waals surface area contributed by atoms with Gasteiger partial charge in [0, 0.05) is 5.88 Å². The van der Waals surface area contributed by atoms with Crippen molar-refractivity contribution in [2.24, 2.45) is 0 Å². The molecule has 0 aliphatic carbocycles. The molecule has 0 saturated carbocycles. The van der Waals surface area contributed by atoms with E-state index in [1.165, 1.54) is 24.0 Å². The van der Waals surface area contributed by atoms with Crippen LogP contribution in [-0.4, -0.2) is 5.88 Å². The van der Waals surface area contributed by atoms with E-state index in [-0.39, 0.29) is 0 Å². The molecule has 0 bridgehead atoms. The van der Waals surface area contributed by atoms with Gasteiger partial charge >= 0.3 is 0 Å². The second-order valence-electron chi connectivity index (χ2n) is 4.46. The van der Waals surface area contributed by atoms with Gasteiger partial charge in [-0.05, 0) is 29.4 Å². The normalized spacial score (nSPS) is 13.1. The first kappa shape index (κ1) is 12.6. The monoisotopic (exact) mass is 224 g/mol. The van der Waals surface area contributed by atoms with Gasteiger partial charge in [-0.1, -0.05) is 51.5 Å². The molecule has 1 rings (SSSR count). The number of alkyl halides is 1. The van der Waals surface area contributed by atoms with E-state index in [4.69, 9.17) is 11.6 Å². The topological polar surface area (TPSA) is 0 Å². The fourth-order valence-corrected chi connectivity index (χ4v) is 2.17. The van der Waals surface area contributed by atoms with Crippen LogP contribution in [0, 0.1) is 0 Å². The Morgan fingerprint density at radius 3 is 2.00 bits per heavy atom. The molecular formula is C14H21Cl. The molecule has 0 fully saturated rings. The summed E-state index contributed by atoms with van der Waals surface area (Å²) in [6.07, 6.45) is 2.38. The van der Waals surface area contributed by atoms with Gasteiger partial charge < -0.3 is 0 Å². The van der Waals surface area contributed by atoms with Crippen LogP contribution in [0.5, 0.6) is 0 Å². The Bertz CT molecular complexity index is 274. The van der Waals surface area contributed by atoms with Crippen molar-refractivity contribution in [3.05, 3.63) is 35.4 Å². The Labute approximate surface area is 98.7 Å². The first-order valence-corrected chi connectivity index (χ1v) is 6.38. The quantitative estimate of drug-likeness (QED) is 0.622. The minimum Gasteiger partial charge on any atom is -0.126 e. The smallest absolute Gasteiger partial charge is 0.0292 e. The van der Waals surface area contributed by atoms with Gasteiger partial charge in [0.2, 0.25) is 0 Å². The highest BCUT2D eigenvalue weighted by Gasteiger charge is 2.09. The molecule has 1 atom stereocenters. The van der Waals surface area contributed by atoms with Crippen LogP contribution in [0.15, 0.2) is 24.3 Å². The molecule has 1 aromatic rings. The van der Waals surface area contributed by atoms with E-state index < -0.39 is 0 Å². The molecule has 0 radical (unpaired) electrons. The van der Waals surface area contributed by atoms with E-state index >= 15 is 0 Å². The largest absolute Gasteiger partial charge is 0.126 e. The molecule has 0 nitrogen and oxygen atoms in total. The zero-order valence-electron chi connectivity index (χ0n) is 9.96. The summed E-state index contributed by atoms with van der Waals surface area (Å²) in [5, 5.41) is 0. The van der Waals surface area contributed by atoms with Crippen LogP contribution in [0.25, 0.3) is 0 Å². The van der Waals surface area contributed by atoms with Crippen molar-refractivity contribution in [3.8, 4) is 0 Å². The molecule has 0 spiro atoms. The molecule has 1 aromatic carbocycles. The van der Waals surface area contributed by atoms with Crippen LogP contribution in [0.1, 0.15) is 56.6 Å². The van der Waals surface area contributed by atoms with Crippen LogP contribution in [-0.2, 0) is 0 Å². The lowest BCUT2D eigenvalue weighted by Gasteiger charge is -2.14. The highest BCUT2D eigenvalue weighted by atomic mass is 35.5. The number of rotatable bonds is 5. The fraction of sp³-hybridized carbons (Fsp3) is 0.571. The van der Waals surface area contributed by atoms with Crippen LogP contribution >= 0.6 is 11.6 Å². The van der Waals surface area contributed by atoms with Crippen LogP contribution in [0.2, 0.25) is 0 Å². The molecule has 15 heavy (non-hydrogen) atoms. The lowest BCUT2D eigenvalue weighted by Crippen LogP contribution is -2.00. The van der Waals surface area contributed by atoms with E-state index in [2.05, 4.69) is 45.0 Å². The first-order chi connectivity index (χ1) is 7.19. The summed E-state index contributed by atoms with van der Waals surface area (Å²) in [5.74, 6) is 1.87. The van der Waals surface area contributed by atoms with Gasteiger partial charge in [-0.25, -0.2) is 0 Å². The molecule has 1 heteroatoms. The Morgan fingerprint density at radius 1 is 1.07 bits per heavy atom. The number of halogens is 1. The van der Waals surface area contributed by atoms with Gasteiger partial charge in [0.15, 0.2) is 0 Å². The van der Waals surface area contributed by atoms with Gasteiger partial charge in [0.25, 0.3) is 0 Å². The number of benzene rings is 1. The average molecular weight is 225 g/mol. The summed E-state index contributed by atoms with van der Waals surface area (Å²) in [5.41, 5.74) is 2.79. The Morgan fingerprint density at radius 2 is 1.60 bits per heavy atom. The summed E-state index contributed by atoms with van der Waals surface area (Å²) in [7, 11) is 0. The molecular weight excluding hydrogens is 204 g/mol. The highest BCUT2D eigenvalue weighted by Crippen LogP contribution is 2.24. The van der Waals surface area contributed by atoms with E-state index in [1.807, 2.05) is 0 Å². The lowest BCUT2D eigenvalue weighted by atomic mass is 9.93. The number of hydrogen-bond donors (Lipinski definition) is 0. The highest BCUT2D eigenvalue weighted by molar-refractivity contribution is 6.18. The summed E-state index contributed by atoms with van der Waals surface area (Å²) < 4.78 is 0. The summed E-state index contributed by atoms with van der Waals surface area (Å²) in [4.78, 5) is 0. The minimum atomic E-state index is 0.526. The summed E-state index contributed by atoms with van der Waals surface area (Å²) in [6, 6.07) is 8.93. The molecule has 0 aliphatic rings. The van der Waals surface area contributed by atoms with Gasteiger partial charge in [0.05, 0.1) is 0 Å². The second-order valence-corrected chi connectivity index (χ2v) is 4.77. The molecule has 0 N–H and O–H groups in total. The molecule has 0 heterocycles. The van der Waals surface area contributed by atoms with Crippen molar-refractivity contribution in [2.45, 2.75) is 45.4 Å². The Hall–Kier alpha value is -0.490. The van der Waals surface area contributed by atoms with Gasteiger partial charge in [-0.2, -0.15) is 0 Å². The van der Waals surface area contributed by atoms with Gasteiger partial charge in [-0.3, -0.25) is 0 Å². The third-order valence-electron chi connectivity index (χ3n) is 2.90. The van der Waals surface area contributed by atoms with Crippen LogP contribution in [0.3, 0.4) is 0 Å². The SMILES string of the molecule is CCCC(CCl)c1ccc(C(C)C)cc1. The van der Waals surface area contributed by atoms with E-state index in [0.717, 1.165) is 5.88 Å². The van der Waals surface area contributed by atoms with Gasteiger partial charge in [0.1, 0.15) is 0 Å². The van der Waals surface area contributed by atoms with Crippen molar-refractivity contribution in [2.75, 3.05) is 5.88 Å². The summed E-state index contributed by atoms with van der Waals surface area (Å²) in [6.45, 7) is 6.65. The average Bonchev–Trinajstić information content (AvgIpc) is 2.26. The Balaban J connectivity index is 2.77. The lowest BCUT2D eigenvalue weighted by molar-refractivity contribution is 0.669. The van der Waals surface area contributed by atoms with E-state index in [1.54, 1.807) is 0 Å². The van der Waals surface area contributed by atoms with Crippen molar-refractivity contribution in [1.82, 2.24) is 0 Å². The first-order valence-electron chi connectivity index (χ1n) is 5.84. The molecule has 1 unspecified atom stereocenters. The zero-order chi connectivity index (χ0) is 11.3. The predicted octanol–water partition coefficient (Wildman–Crippen LogP) is 4.93. The van der Waals surface area contributed by atoms with Crippen LogP contribution in [0.4, 0.5) is 0 Å². The Kier molecular flexibility index (Phi) is 5.17. The third-order valence-corrected chi connectivity index (χ3v) is 3.27. The minimum absolute atomic E-state index is 0.526. The maximum atomic E-state index is 5.98.